The zero-order chi connectivity index (χ0) is 19.4. The molecule has 0 unspecified atom stereocenters. The first-order valence-electron chi connectivity index (χ1n) is 8.59. The number of ether oxygens (including phenoxy) is 2. The molecule has 1 heterocycles. The number of hydrogen-bond acceptors (Lipinski definition) is 4. The van der Waals surface area contributed by atoms with Gasteiger partial charge in [-0.25, -0.2) is 0 Å². The van der Waals surface area contributed by atoms with Crippen molar-refractivity contribution in [3.8, 4) is 11.5 Å². The maximum atomic E-state index is 12.8. The van der Waals surface area contributed by atoms with E-state index in [4.69, 9.17) is 9.47 Å². The largest absolute Gasteiger partial charge is 0.493 e. The first-order chi connectivity index (χ1) is 13.0. The third kappa shape index (κ3) is 4.24. The van der Waals surface area contributed by atoms with Gasteiger partial charge in [0.05, 0.1) is 14.2 Å². The summed E-state index contributed by atoms with van der Waals surface area (Å²) < 4.78 is 11.4. The van der Waals surface area contributed by atoms with Crippen LogP contribution in [0.4, 0.5) is 0 Å². The Kier molecular flexibility index (Phi) is 6.01. The number of benzene rings is 2. The Morgan fingerprint density at radius 3 is 1.78 bits per heavy atom. The van der Waals surface area contributed by atoms with Crippen LogP contribution in [0, 0.1) is 0 Å². The minimum Gasteiger partial charge on any atom is -0.493 e. The minimum absolute atomic E-state index is 0.0132. The first kappa shape index (κ1) is 19.2. The molecule has 1 aliphatic heterocycles. The van der Waals surface area contributed by atoms with Crippen molar-refractivity contribution in [1.29, 1.82) is 0 Å². The van der Waals surface area contributed by atoms with E-state index >= 15 is 0 Å². The first-order valence-corrected chi connectivity index (χ1v) is 9.39. The number of hydrogen-bond donors (Lipinski definition) is 0. The Labute approximate surface area is 166 Å². The molecule has 0 saturated carbocycles. The highest BCUT2D eigenvalue weighted by molar-refractivity contribution is 9.10. The lowest BCUT2D eigenvalue weighted by molar-refractivity contribution is 0.0535. The van der Waals surface area contributed by atoms with Crippen molar-refractivity contribution in [1.82, 2.24) is 9.80 Å². The molecule has 6 nitrogen and oxygen atoms in total. The zero-order valence-electron chi connectivity index (χ0n) is 15.3. The summed E-state index contributed by atoms with van der Waals surface area (Å²) >= 11 is 3.37. The van der Waals surface area contributed by atoms with Crippen LogP contribution in [0.5, 0.6) is 11.5 Å². The molecule has 0 aromatic heterocycles. The molecule has 0 aliphatic carbocycles. The maximum Gasteiger partial charge on any atom is 0.254 e. The van der Waals surface area contributed by atoms with Crippen LogP contribution in [0.3, 0.4) is 0 Å². The van der Waals surface area contributed by atoms with Crippen molar-refractivity contribution < 1.29 is 19.1 Å². The summed E-state index contributed by atoms with van der Waals surface area (Å²) in [6.07, 6.45) is 0. The fraction of sp³-hybridized carbons (Fsp3) is 0.300. The number of piperazine rings is 1. The lowest BCUT2D eigenvalue weighted by atomic mass is 10.1. The number of rotatable bonds is 4. The van der Waals surface area contributed by atoms with E-state index in [2.05, 4.69) is 15.9 Å². The molecule has 2 amide bonds. The van der Waals surface area contributed by atoms with Gasteiger partial charge in [-0.3, -0.25) is 9.59 Å². The number of methoxy groups -OCH3 is 2. The smallest absolute Gasteiger partial charge is 0.254 e. The van der Waals surface area contributed by atoms with Gasteiger partial charge in [0.2, 0.25) is 0 Å². The highest BCUT2D eigenvalue weighted by Crippen LogP contribution is 2.28. The van der Waals surface area contributed by atoms with Crippen molar-refractivity contribution in [3.63, 3.8) is 0 Å². The molecule has 0 N–H and O–H groups in total. The van der Waals surface area contributed by atoms with E-state index in [1.807, 2.05) is 12.1 Å². The van der Waals surface area contributed by atoms with Crippen LogP contribution in [0.1, 0.15) is 20.7 Å². The Morgan fingerprint density at radius 2 is 1.26 bits per heavy atom. The second-order valence-electron chi connectivity index (χ2n) is 6.16. The lowest BCUT2D eigenvalue weighted by Gasteiger charge is -2.35. The van der Waals surface area contributed by atoms with E-state index in [9.17, 15) is 9.59 Å². The zero-order valence-corrected chi connectivity index (χ0v) is 16.9. The fourth-order valence-electron chi connectivity index (χ4n) is 3.04. The quantitative estimate of drug-likeness (QED) is 0.744. The van der Waals surface area contributed by atoms with Crippen LogP contribution in [-0.2, 0) is 0 Å². The molecule has 3 rings (SSSR count). The van der Waals surface area contributed by atoms with Gasteiger partial charge in [0.25, 0.3) is 11.8 Å². The average molecular weight is 433 g/mol. The van der Waals surface area contributed by atoms with Crippen LogP contribution in [0.15, 0.2) is 46.9 Å². The third-order valence-corrected chi connectivity index (χ3v) is 5.10. The van der Waals surface area contributed by atoms with E-state index in [1.54, 1.807) is 54.4 Å². The summed E-state index contributed by atoms with van der Waals surface area (Å²) in [5, 5.41) is 0. The van der Waals surface area contributed by atoms with E-state index in [-0.39, 0.29) is 11.8 Å². The van der Waals surface area contributed by atoms with Gasteiger partial charge >= 0.3 is 0 Å². The van der Waals surface area contributed by atoms with E-state index < -0.39 is 0 Å². The second-order valence-corrected chi connectivity index (χ2v) is 7.08. The van der Waals surface area contributed by atoms with E-state index in [1.165, 1.54) is 0 Å². The summed E-state index contributed by atoms with van der Waals surface area (Å²) in [5.41, 5.74) is 1.19. The van der Waals surface area contributed by atoms with Gasteiger partial charge in [0.15, 0.2) is 11.5 Å². The Hall–Kier alpha value is -2.54. The Morgan fingerprint density at radius 1 is 0.778 bits per heavy atom. The molecule has 1 fully saturated rings. The lowest BCUT2D eigenvalue weighted by Crippen LogP contribution is -2.50. The van der Waals surface area contributed by atoms with Gasteiger partial charge in [-0.05, 0) is 42.5 Å². The molecule has 1 aliphatic rings. The maximum absolute atomic E-state index is 12.8. The second kappa shape index (κ2) is 8.43. The van der Waals surface area contributed by atoms with Gasteiger partial charge in [0, 0.05) is 41.8 Å². The summed E-state index contributed by atoms with van der Waals surface area (Å²) in [4.78, 5) is 28.9. The standard InChI is InChI=1S/C20H21BrN2O4/c1-26-17-8-5-15(13-18(17)27-2)20(25)23-11-9-22(10-12-23)19(24)14-3-6-16(21)7-4-14/h3-8,13H,9-12H2,1-2H3. The summed E-state index contributed by atoms with van der Waals surface area (Å²) in [5.74, 6) is 1.01. The molecular formula is C20H21BrN2O4. The molecule has 1 saturated heterocycles. The van der Waals surface area contributed by atoms with E-state index in [0.29, 0.717) is 48.8 Å². The molecular weight excluding hydrogens is 412 g/mol. The molecule has 142 valence electrons. The number of amides is 2. The van der Waals surface area contributed by atoms with Crippen molar-refractivity contribution in [3.05, 3.63) is 58.1 Å². The summed E-state index contributed by atoms with van der Waals surface area (Å²) in [7, 11) is 3.10. The monoisotopic (exact) mass is 432 g/mol. The van der Waals surface area contributed by atoms with Crippen LogP contribution in [0.2, 0.25) is 0 Å². The van der Waals surface area contributed by atoms with Gasteiger partial charge < -0.3 is 19.3 Å². The predicted octanol–water partition coefficient (Wildman–Crippen LogP) is 3.06. The third-order valence-electron chi connectivity index (χ3n) is 4.58. The van der Waals surface area contributed by atoms with Crippen molar-refractivity contribution in [2.45, 2.75) is 0 Å². The number of carbonyl (C=O) groups is 2. The molecule has 2 aromatic rings. The fourth-order valence-corrected chi connectivity index (χ4v) is 3.30. The molecule has 27 heavy (non-hydrogen) atoms. The number of nitrogens with zero attached hydrogens (tertiary/aromatic N) is 2. The predicted molar refractivity (Wildman–Crippen MR) is 105 cm³/mol. The topological polar surface area (TPSA) is 59.1 Å². The van der Waals surface area contributed by atoms with Crippen LogP contribution in [0.25, 0.3) is 0 Å². The summed E-state index contributed by atoms with van der Waals surface area (Å²) in [6.45, 7) is 2.01. The van der Waals surface area contributed by atoms with Crippen LogP contribution >= 0.6 is 15.9 Å². The minimum atomic E-state index is -0.0771. The normalized spacial score (nSPS) is 14.0. The van der Waals surface area contributed by atoms with Crippen LogP contribution < -0.4 is 9.47 Å². The van der Waals surface area contributed by atoms with Crippen molar-refractivity contribution in [2.75, 3.05) is 40.4 Å². The van der Waals surface area contributed by atoms with E-state index in [0.717, 1.165) is 4.47 Å². The summed E-state index contributed by atoms with van der Waals surface area (Å²) in [6, 6.07) is 12.4. The van der Waals surface area contributed by atoms with Crippen molar-refractivity contribution in [2.24, 2.45) is 0 Å². The van der Waals surface area contributed by atoms with Gasteiger partial charge in [-0.15, -0.1) is 0 Å². The average Bonchev–Trinajstić information content (AvgIpc) is 2.72. The molecule has 0 bridgehead atoms. The van der Waals surface area contributed by atoms with Gasteiger partial charge in [-0.2, -0.15) is 0 Å². The highest BCUT2D eigenvalue weighted by atomic mass is 79.9. The number of carbonyl (C=O) groups excluding carboxylic acids is 2. The molecule has 0 atom stereocenters. The Bertz CT molecular complexity index is 830. The molecule has 7 heteroatoms. The van der Waals surface area contributed by atoms with Gasteiger partial charge in [0.1, 0.15) is 0 Å². The van der Waals surface area contributed by atoms with Gasteiger partial charge in [-0.1, -0.05) is 15.9 Å². The highest BCUT2D eigenvalue weighted by Gasteiger charge is 2.26. The molecule has 0 radical (unpaired) electrons. The number of halogens is 1. The SMILES string of the molecule is COc1ccc(C(=O)N2CCN(C(=O)c3ccc(Br)cc3)CC2)cc1OC. The van der Waals surface area contributed by atoms with Crippen molar-refractivity contribution >= 4 is 27.7 Å². The Balaban J connectivity index is 1.64. The molecule has 2 aromatic carbocycles. The van der Waals surface area contributed by atoms with Crippen LogP contribution in [-0.4, -0.2) is 62.0 Å². The molecule has 0 spiro atoms.